The molecule has 0 radical (unpaired) electrons. The highest BCUT2D eigenvalue weighted by molar-refractivity contribution is 9.10. The maximum atomic E-state index is 3.47. The van der Waals surface area contributed by atoms with E-state index in [9.17, 15) is 0 Å². The molecule has 1 rings (SSSR count). The molecular formula is C14H23BrN2. The summed E-state index contributed by atoms with van der Waals surface area (Å²) in [5.74, 6) is 0. The third-order valence-electron chi connectivity index (χ3n) is 2.64. The highest BCUT2D eigenvalue weighted by atomic mass is 79.9. The first-order valence-electron chi connectivity index (χ1n) is 6.49. The van der Waals surface area contributed by atoms with Crippen molar-refractivity contribution in [3.05, 3.63) is 34.3 Å². The number of hydrogen-bond donors (Lipinski definition) is 2. The fourth-order valence-corrected chi connectivity index (χ4v) is 1.91. The van der Waals surface area contributed by atoms with Crippen LogP contribution in [0.4, 0.5) is 0 Å². The Balaban J connectivity index is 1.95. The van der Waals surface area contributed by atoms with Crippen molar-refractivity contribution in [3.63, 3.8) is 0 Å². The molecule has 0 spiro atoms. The quantitative estimate of drug-likeness (QED) is 0.685. The van der Waals surface area contributed by atoms with Crippen LogP contribution in [-0.4, -0.2) is 26.2 Å². The van der Waals surface area contributed by atoms with E-state index < -0.39 is 0 Å². The smallest absolute Gasteiger partial charge is 0.0175 e. The monoisotopic (exact) mass is 298 g/mol. The zero-order chi connectivity index (χ0) is 12.3. The van der Waals surface area contributed by atoms with E-state index in [0.29, 0.717) is 0 Å². The lowest BCUT2D eigenvalue weighted by Crippen LogP contribution is -2.23. The zero-order valence-corrected chi connectivity index (χ0v) is 12.2. The minimum absolute atomic E-state index is 1.06. The molecule has 1 aromatic carbocycles. The van der Waals surface area contributed by atoms with Crippen LogP contribution in [0.25, 0.3) is 0 Å². The van der Waals surface area contributed by atoms with Gasteiger partial charge in [0, 0.05) is 4.47 Å². The molecule has 0 fully saturated rings. The summed E-state index contributed by atoms with van der Waals surface area (Å²) in [6.07, 6.45) is 3.53. The molecule has 0 aliphatic heterocycles. The molecule has 17 heavy (non-hydrogen) atoms. The van der Waals surface area contributed by atoms with E-state index in [2.05, 4.69) is 57.8 Å². The molecule has 3 heteroatoms. The van der Waals surface area contributed by atoms with Crippen molar-refractivity contribution in [2.75, 3.05) is 26.2 Å². The fourth-order valence-electron chi connectivity index (χ4n) is 1.65. The summed E-state index contributed by atoms with van der Waals surface area (Å²) in [5, 5.41) is 6.88. The normalized spacial score (nSPS) is 10.7. The molecular weight excluding hydrogens is 276 g/mol. The van der Waals surface area contributed by atoms with Gasteiger partial charge in [-0.3, -0.25) is 0 Å². The van der Waals surface area contributed by atoms with Gasteiger partial charge in [-0.25, -0.2) is 0 Å². The van der Waals surface area contributed by atoms with Crippen LogP contribution < -0.4 is 10.6 Å². The number of nitrogens with one attached hydrogen (secondary N) is 2. The van der Waals surface area contributed by atoms with Gasteiger partial charge in [-0.1, -0.05) is 35.0 Å². The van der Waals surface area contributed by atoms with Crippen molar-refractivity contribution in [2.24, 2.45) is 0 Å². The molecule has 0 bridgehead atoms. The van der Waals surface area contributed by atoms with Gasteiger partial charge in [0.05, 0.1) is 0 Å². The molecule has 0 atom stereocenters. The van der Waals surface area contributed by atoms with Crippen LogP contribution in [0.15, 0.2) is 28.7 Å². The van der Waals surface area contributed by atoms with E-state index >= 15 is 0 Å². The van der Waals surface area contributed by atoms with Crippen molar-refractivity contribution in [1.29, 1.82) is 0 Å². The maximum absolute atomic E-state index is 3.47. The number of rotatable bonds is 9. The van der Waals surface area contributed by atoms with Gasteiger partial charge in [-0.15, -0.1) is 0 Å². The second-order valence-corrected chi connectivity index (χ2v) is 5.15. The highest BCUT2D eigenvalue weighted by Gasteiger charge is 1.93. The minimum Gasteiger partial charge on any atom is -0.317 e. The fraction of sp³-hybridized carbons (Fsp3) is 0.571. The van der Waals surface area contributed by atoms with E-state index in [4.69, 9.17) is 0 Å². The Morgan fingerprint density at radius 2 is 1.59 bits per heavy atom. The van der Waals surface area contributed by atoms with Crippen LogP contribution >= 0.6 is 15.9 Å². The standard InChI is InChI=1S/C14H23BrN2/c1-2-9-16-10-3-11-17-12-8-13-4-6-14(15)7-5-13/h4-7,16-17H,2-3,8-12H2,1H3. The largest absolute Gasteiger partial charge is 0.317 e. The predicted molar refractivity (Wildman–Crippen MR) is 78.5 cm³/mol. The van der Waals surface area contributed by atoms with Gasteiger partial charge in [0.25, 0.3) is 0 Å². The van der Waals surface area contributed by atoms with E-state index in [1.165, 1.54) is 18.4 Å². The van der Waals surface area contributed by atoms with E-state index in [0.717, 1.165) is 37.1 Å². The first-order chi connectivity index (χ1) is 8.33. The van der Waals surface area contributed by atoms with Gasteiger partial charge in [0.1, 0.15) is 0 Å². The first-order valence-corrected chi connectivity index (χ1v) is 7.28. The van der Waals surface area contributed by atoms with Crippen molar-refractivity contribution in [3.8, 4) is 0 Å². The molecule has 2 nitrogen and oxygen atoms in total. The van der Waals surface area contributed by atoms with Crippen molar-refractivity contribution < 1.29 is 0 Å². The maximum Gasteiger partial charge on any atom is 0.0175 e. The Morgan fingerprint density at radius 1 is 0.941 bits per heavy atom. The van der Waals surface area contributed by atoms with E-state index in [1.54, 1.807) is 0 Å². The van der Waals surface area contributed by atoms with Gasteiger partial charge >= 0.3 is 0 Å². The van der Waals surface area contributed by atoms with Crippen LogP contribution in [0.3, 0.4) is 0 Å². The Bertz CT molecular complexity index is 285. The predicted octanol–water partition coefficient (Wildman–Crippen LogP) is 2.97. The second-order valence-electron chi connectivity index (χ2n) is 4.23. The summed E-state index contributed by atoms with van der Waals surface area (Å²) in [6.45, 7) is 6.63. The number of hydrogen-bond acceptors (Lipinski definition) is 2. The van der Waals surface area contributed by atoms with Gasteiger partial charge < -0.3 is 10.6 Å². The third-order valence-corrected chi connectivity index (χ3v) is 3.17. The molecule has 0 aliphatic rings. The Hall–Kier alpha value is -0.380. The lowest BCUT2D eigenvalue weighted by molar-refractivity contribution is 0.593. The van der Waals surface area contributed by atoms with Gasteiger partial charge in [-0.2, -0.15) is 0 Å². The van der Waals surface area contributed by atoms with Crippen LogP contribution in [0, 0.1) is 0 Å². The summed E-state index contributed by atoms with van der Waals surface area (Å²) in [7, 11) is 0. The van der Waals surface area contributed by atoms with Gasteiger partial charge in [0.15, 0.2) is 0 Å². The topological polar surface area (TPSA) is 24.1 Å². The molecule has 0 aliphatic carbocycles. The SMILES string of the molecule is CCCNCCCNCCc1ccc(Br)cc1. The van der Waals surface area contributed by atoms with Crippen molar-refractivity contribution in [1.82, 2.24) is 10.6 Å². The minimum atomic E-state index is 1.06. The Labute approximate surface area is 113 Å². The molecule has 0 saturated carbocycles. The third kappa shape index (κ3) is 7.53. The van der Waals surface area contributed by atoms with Gasteiger partial charge in [-0.05, 0) is 63.1 Å². The molecule has 0 saturated heterocycles. The van der Waals surface area contributed by atoms with Crippen LogP contribution in [0.1, 0.15) is 25.3 Å². The van der Waals surface area contributed by atoms with Crippen molar-refractivity contribution in [2.45, 2.75) is 26.2 Å². The highest BCUT2D eigenvalue weighted by Crippen LogP contribution is 2.10. The molecule has 0 heterocycles. The van der Waals surface area contributed by atoms with Crippen LogP contribution in [0.5, 0.6) is 0 Å². The van der Waals surface area contributed by atoms with Crippen molar-refractivity contribution >= 4 is 15.9 Å². The van der Waals surface area contributed by atoms with E-state index in [1.807, 2.05) is 0 Å². The Morgan fingerprint density at radius 3 is 2.24 bits per heavy atom. The Kier molecular flexibility index (Phi) is 8.32. The molecule has 96 valence electrons. The summed E-state index contributed by atoms with van der Waals surface area (Å²) in [6, 6.07) is 8.55. The summed E-state index contributed by atoms with van der Waals surface area (Å²) in [4.78, 5) is 0. The van der Waals surface area contributed by atoms with Crippen LogP contribution in [-0.2, 0) is 6.42 Å². The molecule has 0 amide bonds. The van der Waals surface area contributed by atoms with Crippen LogP contribution in [0.2, 0.25) is 0 Å². The lowest BCUT2D eigenvalue weighted by atomic mass is 10.1. The summed E-state index contributed by atoms with van der Waals surface area (Å²) in [5.41, 5.74) is 1.39. The molecule has 0 aromatic heterocycles. The second kappa shape index (κ2) is 9.63. The summed E-state index contributed by atoms with van der Waals surface area (Å²) >= 11 is 3.45. The lowest BCUT2D eigenvalue weighted by Gasteiger charge is -2.06. The molecule has 2 N–H and O–H groups in total. The average Bonchev–Trinajstić information content (AvgIpc) is 2.35. The summed E-state index contributed by atoms with van der Waals surface area (Å²) < 4.78 is 1.15. The molecule has 0 unspecified atom stereocenters. The number of benzene rings is 1. The zero-order valence-electron chi connectivity index (χ0n) is 10.6. The van der Waals surface area contributed by atoms with Gasteiger partial charge in [0.2, 0.25) is 0 Å². The first kappa shape index (κ1) is 14.7. The van der Waals surface area contributed by atoms with E-state index in [-0.39, 0.29) is 0 Å². The molecule has 1 aromatic rings. The number of halogens is 1. The average molecular weight is 299 g/mol.